The molecule has 0 atom stereocenters. The van der Waals surface area contributed by atoms with E-state index in [1.807, 2.05) is 12.1 Å². The second-order valence-electron chi connectivity index (χ2n) is 2.03. The Morgan fingerprint density at radius 3 is 2.20 bits per heavy atom. The van der Waals surface area contributed by atoms with Crippen LogP contribution in [0.4, 0.5) is 0 Å². The van der Waals surface area contributed by atoms with Gasteiger partial charge in [-0.15, -0.1) is 0 Å². The average molecular weight is 277 g/mol. The van der Waals surface area contributed by atoms with E-state index in [1.54, 1.807) is 0 Å². The highest BCUT2D eigenvalue weighted by Crippen LogP contribution is 2.17. The lowest BCUT2D eigenvalue weighted by atomic mass is 10.2. The summed E-state index contributed by atoms with van der Waals surface area (Å²) >= 11 is 6.84. The van der Waals surface area contributed by atoms with Crippen LogP contribution in [0.5, 0.6) is 0 Å². The topological polar surface area (TPSA) is 0 Å². The lowest BCUT2D eigenvalue weighted by Crippen LogP contribution is -2.09. The van der Waals surface area contributed by atoms with Gasteiger partial charge in [0.25, 0.3) is 0 Å². The summed E-state index contributed by atoms with van der Waals surface area (Å²) in [5, 5.41) is 1.11. The molecule has 0 fully saturated rings. The molecule has 3 radical (unpaired) electrons. The molecule has 0 saturated carbocycles. The highest BCUT2D eigenvalue weighted by atomic mass is 79.9. The van der Waals surface area contributed by atoms with Crippen molar-refractivity contribution in [2.45, 2.75) is 6.92 Å². The molecule has 0 heterocycles. The Hall–Kier alpha value is 0.397. The Labute approximate surface area is 80.7 Å². The molecular weight excluding hydrogens is 272 g/mol. The lowest BCUT2D eigenvalue weighted by molar-refractivity contribution is 1.46. The average Bonchev–Trinajstić information content (AvgIpc) is 1.93. The standard InChI is InChI=1S/C7H5Br2Si/c1-4-5(8)2-3-6(9)7(4)10/h2-3H,1H3. The molecule has 0 aromatic heterocycles. The van der Waals surface area contributed by atoms with Crippen LogP contribution in [0.2, 0.25) is 0 Å². The molecule has 0 amide bonds. The van der Waals surface area contributed by atoms with E-state index in [0.717, 1.165) is 14.1 Å². The van der Waals surface area contributed by atoms with Gasteiger partial charge in [-0.25, -0.2) is 0 Å². The molecule has 51 valence electrons. The van der Waals surface area contributed by atoms with Gasteiger partial charge in [0.2, 0.25) is 0 Å². The van der Waals surface area contributed by atoms with Crippen molar-refractivity contribution in [2.75, 3.05) is 0 Å². The van der Waals surface area contributed by atoms with Crippen molar-refractivity contribution >= 4 is 47.3 Å². The molecule has 0 N–H and O–H groups in total. The van der Waals surface area contributed by atoms with Gasteiger partial charge >= 0.3 is 0 Å². The normalized spacial score (nSPS) is 10.0. The van der Waals surface area contributed by atoms with Crippen molar-refractivity contribution in [3.05, 3.63) is 26.6 Å². The molecule has 0 saturated heterocycles. The summed E-state index contributed by atoms with van der Waals surface area (Å²) < 4.78 is 2.21. The van der Waals surface area contributed by atoms with Gasteiger partial charge in [-0.2, -0.15) is 0 Å². The zero-order valence-corrected chi connectivity index (χ0v) is 9.58. The summed E-state index contributed by atoms with van der Waals surface area (Å²) in [7, 11) is 3.50. The predicted octanol–water partition coefficient (Wildman–Crippen LogP) is 2.31. The Morgan fingerprint density at radius 2 is 1.70 bits per heavy atom. The molecule has 0 unspecified atom stereocenters. The first-order valence-electron chi connectivity index (χ1n) is 2.79. The van der Waals surface area contributed by atoms with Crippen LogP contribution in [0, 0.1) is 6.92 Å². The molecule has 0 aliphatic heterocycles. The van der Waals surface area contributed by atoms with Gasteiger partial charge in [0, 0.05) is 8.95 Å². The summed E-state index contributed by atoms with van der Waals surface area (Å²) in [6.07, 6.45) is 0. The third-order valence-electron chi connectivity index (χ3n) is 1.35. The van der Waals surface area contributed by atoms with E-state index in [9.17, 15) is 0 Å². The van der Waals surface area contributed by atoms with Gasteiger partial charge < -0.3 is 0 Å². The van der Waals surface area contributed by atoms with Gasteiger partial charge in [-0.05, 0) is 29.8 Å². The predicted molar refractivity (Wildman–Crippen MR) is 52.0 cm³/mol. The number of hydrogen-bond acceptors (Lipinski definition) is 0. The minimum Gasteiger partial charge on any atom is -0.0510 e. The smallest absolute Gasteiger partial charge is 0.0510 e. The number of halogens is 2. The van der Waals surface area contributed by atoms with Crippen molar-refractivity contribution in [3.8, 4) is 0 Å². The second-order valence-corrected chi connectivity index (χ2v) is 4.24. The zero-order valence-electron chi connectivity index (χ0n) is 5.41. The summed E-state index contributed by atoms with van der Waals surface area (Å²) in [6, 6.07) is 4.02. The summed E-state index contributed by atoms with van der Waals surface area (Å²) in [5.74, 6) is 0. The van der Waals surface area contributed by atoms with Gasteiger partial charge in [0.15, 0.2) is 0 Å². The maximum Gasteiger partial charge on any atom is 0.0732 e. The van der Waals surface area contributed by atoms with Gasteiger partial charge in [-0.3, -0.25) is 0 Å². The highest BCUT2D eigenvalue weighted by molar-refractivity contribution is 9.11. The summed E-state index contributed by atoms with van der Waals surface area (Å²) in [4.78, 5) is 0. The molecule has 0 nitrogen and oxygen atoms in total. The van der Waals surface area contributed by atoms with Crippen LogP contribution in [-0.4, -0.2) is 10.2 Å². The summed E-state index contributed by atoms with van der Waals surface area (Å²) in [6.45, 7) is 2.05. The fraction of sp³-hybridized carbons (Fsp3) is 0.143. The Kier molecular flexibility index (Phi) is 2.71. The van der Waals surface area contributed by atoms with Crippen LogP contribution < -0.4 is 5.19 Å². The van der Waals surface area contributed by atoms with E-state index in [1.165, 1.54) is 5.56 Å². The first-order chi connectivity index (χ1) is 4.63. The van der Waals surface area contributed by atoms with E-state index in [4.69, 9.17) is 0 Å². The molecule has 10 heavy (non-hydrogen) atoms. The molecule has 0 aliphatic carbocycles. The van der Waals surface area contributed by atoms with Gasteiger partial charge in [-0.1, -0.05) is 31.9 Å². The first-order valence-corrected chi connectivity index (χ1v) is 4.87. The number of hydrogen-bond donors (Lipinski definition) is 0. The lowest BCUT2D eigenvalue weighted by Gasteiger charge is -2.03. The van der Waals surface area contributed by atoms with Crippen molar-refractivity contribution < 1.29 is 0 Å². The molecular formula is C7H5Br2Si. The van der Waals surface area contributed by atoms with Crippen molar-refractivity contribution in [3.63, 3.8) is 0 Å². The van der Waals surface area contributed by atoms with Crippen molar-refractivity contribution in [1.82, 2.24) is 0 Å². The molecule has 1 rings (SSSR count). The van der Waals surface area contributed by atoms with Crippen LogP contribution >= 0.6 is 31.9 Å². The minimum atomic E-state index is 1.09. The minimum absolute atomic E-state index is 1.09. The van der Waals surface area contributed by atoms with Gasteiger partial charge in [0.1, 0.15) is 0 Å². The molecule has 1 aromatic carbocycles. The molecule has 0 spiro atoms. The van der Waals surface area contributed by atoms with E-state index in [-0.39, 0.29) is 0 Å². The summed E-state index contributed by atoms with van der Waals surface area (Å²) in [5.41, 5.74) is 1.21. The number of benzene rings is 1. The Balaban J connectivity index is 3.34. The maximum atomic E-state index is 3.50. The SMILES string of the molecule is Cc1c(Br)ccc(Br)c1[Si]. The fourth-order valence-electron chi connectivity index (χ4n) is 0.653. The van der Waals surface area contributed by atoms with Crippen LogP contribution in [0.3, 0.4) is 0 Å². The largest absolute Gasteiger partial charge is 0.0732 e. The van der Waals surface area contributed by atoms with E-state index >= 15 is 0 Å². The van der Waals surface area contributed by atoms with Crippen LogP contribution in [0.1, 0.15) is 5.56 Å². The van der Waals surface area contributed by atoms with E-state index in [0.29, 0.717) is 0 Å². The van der Waals surface area contributed by atoms with Gasteiger partial charge in [0.05, 0.1) is 10.2 Å². The highest BCUT2D eigenvalue weighted by Gasteiger charge is 2.00. The first kappa shape index (κ1) is 8.49. The second kappa shape index (κ2) is 3.20. The molecule has 3 heteroatoms. The Bertz CT molecular complexity index is 231. The zero-order chi connectivity index (χ0) is 7.72. The molecule has 1 aromatic rings. The van der Waals surface area contributed by atoms with Crippen molar-refractivity contribution in [2.24, 2.45) is 0 Å². The van der Waals surface area contributed by atoms with Crippen LogP contribution in [-0.2, 0) is 0 Å². The monoisotopic (exact) mass is 275 g/mol. The van der Waals surface area contributed by atoms with Crippen LogP contribution in [0.25, 0.3) is 0 Å². The molecule has 0 aliphatic rings. The third-order valence-corrected chi connectivity index (χ3v) is 3.88. The molecule has 0 bridgehead atoms. The van der Waals surface area contributed by atoms with E-state index in [2.05, 4.69) is 49.0 Å². The van der Waals surface area contributed by atoms with Crippen LogP contribution in [0.15, 0.2) is 21.1 Å². The fourth-order valence-corrected chi connectivity index (χ4v) is 1.81. The quantitative estimate of drug-likeness (QED) is 0.638. The Morgan fingerprint density at radius 1 is 1.20 bits per heavy atom. The third kappa shape index (κ3) is 1.52. The number of rotatable bonds is 0. The van der Waals surface area contributed by atoms with E-state index < -0.39 is 0 Å². The maximum absolute atomic E-state index is 3.50. The van der Waals surface area contributed by atoms with Crippen molar-refractivity contribution in [1.29, 1.82) is 0 Å².